The van der Waals surface area contributed by atoms with Gasteiger partial charge in [0.05, 0.1) is 6.61 Å². The summed E-state index contributed by atoms with van der Waals surface area (Å²) in [5.74, 6) is 2.14. The highest BCUT2D eigenvalue weighted by molar-refractivity contribution is 5.77. The molecule has 0 aliphatic carbocycles. The van der Waals surface area contributed by atoms with Gasteiger partial charge in [0.2, 0.25) is 5.82 Å². The lowest BCUT2D eigenvalue weighted by atomic mass is 10.2. The number of nitrogens with zero attached hydrogens (tertiary/aromatic N) is 2. The second-order valence-corrected chi connectivity index (χ2v) is 6.96. The maximum Gasteiger partial charge on any atom is 0.258 e. The van der Waals surface area contributed by atoms with E-state index in [4.69, 9.17) is 14.0 Å². The molecule has 0 spiro atoms. The molecule has 0 bridgehead atoms. The Morgan fingerprint density at radius 3 is 2.28 bits per heavy atom. The van der Waals surface area contributed by atoms with Crippen LogP contribution in [0.25, 0.3) is 22.8 Å². The van der Waals surface area contributed by atoms with Crippen molar-refractivity contribution in [1.82, 2.24) is 15.5 Å². The number of carbonyl (C=O) groups excluding carboxylic acids is 1. The summed E-state index contributed by atoms with van der Waals surface area (Å²) >= 11 is 0. The van der Waals surface area contributed by atoms with E-state index in [2.05, 4.69) is 15.5 Å². The highest BCUT2D eigenvalue weighted by Gasteiger charge is 2.11. The summed E-state index contributed by atoms with van der Waals surface area (Å²) < 4.78 is 16.3. The van der Waals surface area contributed by atoms with Crippen LogP contribution in [-0.4, -0.2) is 29.3 Å². The monoisotopic (exact) mass is 429 g/mol. The third-order valence-corrected chi connectivity index (χ3v) is 4.65. The van der Waals surface area contributed by atoms with E-state index in [0.29, 0.717) is 30.6 Å². The van der Waals surface area contributed by atoms with Crippen LogP contribution in [0.2, 0.25) is 0 Å². The van der Waals surface area contributed by atoms with Gasteiger partial charge < -0.3 is 19.3 Å². The topological polar surface area (TPSA) is 86.5 Å². The second-order valence-electron chi connectivity index (χ2n) is 6.96. The van der Waals surface area contributed by atoms with Gasteiger partial charge >= 0.3 is 0 Å². The van der Waals surface area contributed by atoms with Crippen LogP contribution >= 0.6 is 0 Å². The lowest BCUT2D eigenvalue weighted by molar-refractivity contribution is -0.123. The van der Waals surface area contributed by atoms with Crippen molar-refractivity contribution in [1.29, 1.82) is 0 Å². The number of rotatable bonds is 9. The first-order valence-electron chi connectivity index (χ1n) is 10.3. The molecule has 0 saturated heterocycles. The molecule has 1 amide bonds. The summed E-state index contributed by atoms with van der Waals surface area (Å²) in [6.45, 7) is 2.91. The molecule has 4 rings (SSSR count). The Hall–Kier alpha value is -4.13. The van der Waals surface area contributed by atoms with Crippen molar-refractivity contribution in [3.05, 3.63) is 84.4 Å². The van der Waals surface area contributed by atoms with Crippen LogP contribution in [0.3, 0.4) is 0 Å². The molecule has 3 aromatic carbocycles. The molecule has 0 aliphatic heterocycles. The highest BCUT2D eigenvalue weighted by atomic mass is 16.5. The van der Waals surface area contributed by atoms with Crippen LogP contribution in [0.1, 0.15) is 12.5 Å². The molecule has 162 valence electrons. The van der Waals surface area contributed by atoms with Gasteiger partial charge in [0.25, 0.3) is 11.8 Å². The molecule has 0 saturated carbocycles. The predicted molar refractivity (Wildman–Crippen MR) is 120 cm³/mol. The molecule has 0 fully saturated rings. The van der Waals surface area contributed by atoms with Crippen LogP contribution < -0.4 is 14.8 Å². The predicted octanol–water partition coefficient (Wildman–Crippen LogP) is 4.50. The summed E-state index contributed by atoms with van der Waals surface area (Å²) in [4.78, 5) is 16.5. The minimum atomic E-state index is -0.202. The lowest BCUT2D eigenvalue weighted by Crippen LogP contribution is -2.28. The summed E-state index contributed by atoms with van der Waals surface area (Å²) in [5.41, 5.74) is 2.64. The highest BCUT2D eigenvalue weighted by Crippen LogP contribution is 2.24. The van der Waals surface area contributed by atoms with E-state index in [0.717, 1.165) is 22.4 Å². The number of nitrogens with one attached hydrogen (secondary N) is 1. The van der Waals surface area contributed by atoms with Crippen molar-refractivity contribution in [2.75, 3.05) is 13.2 Å². The molecule has 1 aromatic heterocycles. The Bertz CT molecular complexity index is 1140. The molecule has 1 heterocycles. The van der Waals surface area contributed by atoms with E-state index in [9.17, 15) is 4.79 Å². The zero-order valence-electron chi connectivity index (χ0n) is 17.7. The van der Waals surface area contributed by atoms with Gasteiger partial charge in [-0.05, 0) is 48.9 Å². The normalized spacial score (nSPS) is 10.5. The largest absolute Gasteiger partial charge is 0.494 e. The minimum Gasteiger partial charge on any atom is -0.494 e. The minimum absolute atomic E-state index is 0.0743. The van der Waals surface area contributed by atoms with Gasteiger partial charge in [-0.1, -0.05) is 47.6 Å². The van der Waals surface area contributed by atoms with Crippen molar-refractivity contribution in [2.24, 2.45) is 0 Å². The van der Waals surface area contributed by atoms with Crippen LogP contribution in [-0.2, 0) is 11.3 Å². The number of hydrogen-bond acceptors (Lipinski definition) is 6. The Morgan fingerprint density at radius 1 is 0.875 bits per heavy atom. The van der Waals surface area contributed by atoms with E-state index in [1.165, 1.54) is 0 Å². The maximum atomic E-state index is 12.1. The van der Waals surface area contributed by atoms with Gasteiger partial charge in [-0.15, -0.1) is 0 Å². The smallest absolute Gasteiger partial charge is 0.258 e. The van der Waals surface area contributed by atoms with Gasteiger partial charge in [-0.3, -0.25) is 4.79 Å². The lowest BCUT2D eigenvalue weighted by Gasteiger charge is -2.08. The summed E-state index contributed by atoms with van der Waals surface area (Å²) in [6.07, 6.45) is 0. The number of ether oxygens (including phenoxy) is 2. The number of benzene rings is 3. The number of carbonyl (C=O) groups is 1. The standard InChI is InChI=1S/C25H23N3O4/c1-2-30-21-12-8-18(9-13-21)16-26-23(29)17-31-22-14-10-20(11-15-22)25-27-24(28-32-25)19-6-4-3-5-7-19/h3-15H,2,16-17H2,1H3,(H,26,29). The molecule has 0 unspecified atom stereocenters. The molecule has 0 atom stereocenters. The SMILES string of the molecule is CCOc1ccc(CNC(=O)COc2ccc(-c3nc(-c4ccccc4)no3)cc2)cc1. The second kappa shape index (κ2) is 10.3. The average Bonchev–Trinajstić information content (AvgIpc) is 3.34. The van der Waals surface area contributed by atoms with Gasteiger partial charge in [-0.2, -0.15) is 4.98 Å². The van der Waals surface area contributed by atoms with E-state index < -0.39 is 0 Å². The molecule has 1 N–H and O–H groups in total. The molecule has 32 heavy (non-hydrogen) atoms. The average molecular weight is 429 g/mol. The number of aromatic nitrogens is 2. The summed E-state index contributed by atoms with van der Waals surface area (Å²) in [7, 11) is 0. The number of amides is 1. The maximum absolute atomic E-state index is 12.1. The van der Waals surface area contributed by atoms with Crippen molar-refractivity contribution in [3.63, 3.8) is 0 Å². The fraction of sp³-hybridized carbons (Fsp3) is 0.160. The quantitative estimate of drug-likeness (QED) is 0.422. The van der Waals surface area contributed by atoms with Crippen molar-refractivity contribution >= 4 is 5.91 Å². The van der Waals surface area contributed by atoms with Crippen LogP contribution in [0, 0.1) is 0 Å². The van der Waals surface area contributed by atoms with E-state index >= 15 is 0 Å². The first kappa shape index (κ1) is 21.1. The molecule has 7 heteroatoms. The molecule has 4 aromatic rings. The van der Waals surface area contributed by atoms with E-state index in [1.54, 1.807) is 12.1 Å². The van der Waals surface area contributed by atoms with Gasteiger partial charge in [-0.25, -0.2) is 0 Å². The molecular weight excluding hydrogens is 406 g/mol. The third kappa shape index (κ3) is 5.51. The third-order valence-electron chi connectivity index (χ3n) is 4.65. The molecule has 7 nitrogen and oxygen atoms in total. The molecular formula is C25H23N3O4. The van der Waals surface area contributed by atoms with Crippen molar-refractivity contribution < 1.29 is 18.8 Å². The van der Waals surface area contributed by atoms with Crippen molar-refractivity contribution in [2.45, 2.75) is 13.5 Å². The summed E-state index contributed by atoms with van der Waals surface area (Å²) in [5, 5.41) is 6.87. The van der Waals surface area contributed by atoms with Gasteiger partial charge in [0.1, 0.15) is 11.5 Å². The Labute approximate surface area is 186 Å². The van der Waals surface area contributed by atoms with Crippen LogP contribution in [0.15, 0.2) is 83.4 Å². The molecule has 0 aliphatic rings. The fourth-order valence-corrected chi connectivity index (χ4v) is 3.01. The van der Waals surface area contributed by atoms with Crippen molar-refractivity contribution in [3.8, 4) is 34.3 Å². The zero-order valence-corrected chi connectivity index (χ0v) is 17.7. The zero-order chi connectivity index (χ0) is 22.2. The van der Waals surface area contributed by atoms with E-state index in [1.807, 2.05) is 73.7 Å². The van der Waals surface area contributed by atoms with Crippen LogP contribution in [0.5, 0.6) is 11.5 Å². The van der Waals surface area contributed by atoms with Gasteiger partial charge in [0, 0.05) is 17.7 Å². The Balaban J connectivity index is 1.26. The van der Waals surface area contributed by atoms with Gasteiger partial charge in [0.15, 0.2) is 6.61 Å². The first-order valence-corrected chi connectivity index (χ1v) is 10.3. The van der Waals surface area contributed by atoms with E-state index in [-0.39, 0.29) is 12.5 Å². The fourth-order valence-electron chi connectivity index (χ4n) is 3.01. The Kier molecular flexibility index (Phi) is 6.77. The Morgan fingerprint density at radius 2 is 1.56 bits per heavy atom. The number of hydrogen-bond donors (Lipinski definition) is 1. The molecule has 0 radical (unpaired) electrons. The summed E-state index contributed by atoms with van der Waals surface area (Å²) in [6, 6.07) is 24.4. The van der Waals surface area contributed by atoms with Crippen LogP contribution in [0.4, 0.5) is 0 Å². The first-order chi connectivity index (χ1) is 15.7.